The Morgan fingerprint density at radius 2 is 2.25 bits per heavy atom. The number of nitrogens with zero attached hydrogens (tertiary/aromatic N) is 2. The molecule has 1 N–H and O–H groups in total. The number of amides is 1. The van der Waals surface area contributed by atoms with Crippen molar-refractivity contribution in [2.45, 2.75) is 25.7 Å². The Hall–Kier alpha value is -1.86. The number of carbonyl (C=O) groups is 1. The summed E-state index contributed by atoms with van der Waals surface area (Å²) in [7, 11) is 1.84. The molecule has 1 heterocycles. The SMILES string of the molecule is CN(CC1CCCC1)C(=O)c1ccncc1C#CCO. The van der Waals surface area contributed by atoms with E-state index in [9.17, 15) is 4.79 Å². The van der Waals surface area contributed by atoms with Gasteiger partial charge in [-0.05, 0) is 24.8 Å². The maximum atomic E-state index is 12.5. The Kier molecular flexibility index (Phi) is 5.14. The molecule has 0 unspecified atom stereocenters. The van der Waals surface area contributed by atoms with E-state index in [-0.39, 0.29) is 12.5 Å². The van der Waals surface area contributed by atoms with Crippen LogP contribution in [0.2, 0.25) is 0 Å². The highest BCUT2D eigenvalue weighted by atomic mass is 16.2. The molecule has 4 heteroatoms. The highest BCUT2D eigenvalue weighted by molar-refractivity contribution is 5.96. The molecule has 106 valence electrons. The molecule has 2 rings (SSSR count). The molecule has 1 fully saturated rings. The van der Waals surface area contributed by atoms with Crippen LogP contribution in [0.3, 0.4) is 0 Å². The fourth-order valence-corrected chi connectivity index (χ4v) is 2.68. The summed E-state index contributed by atoms with van der Waals surface area (Å²) in [6.07, 6.45) is 8.14. The van der Waals surface area contributed by atoms with Crippen molar-refractivity contribution < 1.29 is 9.90 Å². The van der Waals surface area contributed by atoms with Gasteiger partial charge in [-0.2, -0.15) is 0 Å². The quantitative estimate of drug-likeness (QED) is 0.852. The lowest BCUT2D eigenvalue weighted by Gasteiger charge is -2.21. The lowest BCUT2D eigenvalue weighted by atomic mass is 10.1. The third kappa shape index (κ3) is 3.58. The molecule has 20 heavy (non-hydrogen) atoms. The van der Waals surface area contributed by atoms with E-state index in [0.29, 0.717) is 17.0 Å². The van der Waals surface area contributed by atoms with E-state index in [1.54, 1.807) is 23.4 Å². The molecule has 1 aliphatic rings. The topological polar surface area (TPSA) is 53.4 Å². The molecule has 1 saturated carbocycles. The Bertz CT molecular complexity index is 525. The molecule has 0 aromatic carbocycles. The Balaban J connectivity index is 2.11. The van der Waals surface area contributed by atoms with Crippen LogP contribution < -0.4 is 0 Å². The van der Waals surface area contributed by atoms with E-state index in [2.05, 4.69) is 16.8 Å². The van der Waals surface area contributed by atoms with Crippen molar-refractivity contribution in [3.05, 3.63) is 29.6 Å². The first-order chi connectivity index (χ1) is 9.72. The average molecular weight is 272 g/mol. The molecule has 1 aliphatic carbocycles. The van der Waals surface area contributed by atoms with Crippen LogP contribution >= 0.6 is 0 Å². The molecule has 0 bridgehead atoms. The van der Waals surface area contributed by atoms with Crippen molar-refractivity contribution in [2.75, 3.05) is 20.2 Å². The average Bonchev–Trinajstić information content (AvgIpc) is 2.97. The molecular formula is C16H20N2O2. The van der Waals surface area contributed by atoms with Gasteiger partial charge in [0, 0.05) is 26.0 Å². The zero-order valence-electron chi connectivity index (χ0n) is 11.8. The van der Waals surface area contributed by atoms with E-state index in [0.717, 1.165) is 6.54 Å². The van der Waals surface area contributed by atoms with Crippen LogP contribution in [-0.2, 0) is 0 Å². The number of aromatic nitrogens is 1. The van der Waals surface area contributed by atoms with Gasteiger partial charge < -0.3 is 10.0 Å². The molecule has 0 aliphatic heterocycles. The second-order valence-electron chi connectivity index (χ2n) is 5.22. The predicted octanol–water partition coefficient (Wildman–Crippen LogP) is 1.69. The van der Waals surface area contributed by atoms with Gasteiger partial charge in [0.05, 0.1) is 11.1 Å². The number of pyridine rings is 1. The summed E-state index contributed by atoms with van der Waals surface area (Å²) in [4.78, 5) is 18.2. The minimum atomic E-state index is -0.222. The summed E-state index contributed by atoms with van der Waals surface area (Å²) in [5.41, 5.74) is 1.13. The van der Waals surface area contributed by atoms with Crippen molar-refractivity contribution in [1.82, 2.24) is 9.88 Å². The van der Waals surface area contributed by atoms with E-state index in [1.165, 1.54) is 25.7 Å². The minimum Gasteiger partial charge on any atom is -0.384 e. The standard InChI is InChI=1S/C16H20N2O2/c1-18(12-13-5-2-3-6-13)16(20)15-8-9-17-11-14(15)7-4-10-19/h8-9,11,13,19H,2-3,5-6,10,12H2,1H3. The molecule has 1 aromatic rings. The second kappa shape index (κ2) is 7.06. The van der Waals surface area contributed by atoms with Gasteiger partial charge in [0.15, 0.2) is 0 Å². The van der Waals surface area contributed by atoms with Gasteiger partial charge in [0.2, 0.25) is 0 Å². The maximum absolute atomic E-state index is 12.5. The fraction of sp³-hybridized carbons (Fsp3) is 0.500. The van der Waals surface area contributed by atoms with Crippen LogP contribution in [0.5, 0.6) is 0 Å². The number of hydrogen-bond acceptors (Lipinski definition) is 3. The van der Waals surface area contributed by atoms with Crippen LogP contribution in [-0.4, -0.2) is 41.1 Å². The van der Waals surface area contributed by atoms with Crippen LogP contribution in [0, 0.1) is 17.8 Å². The van der Waals surface area contributed by atoms with Gasteiger partial charge in [0.1, 0.15) is 6.61 Å². The van der Waals surface area contributed by atoms with Gasteiger partial charge in [-0.1, -0.05) is 24.7 Å². The molecule has 0 atom stereocenters. The number of rotatable bonds is 3. The number of carbonyl (C=O) groups excluding carboxylic acids is 1. The zero-order valence-corrected chi connectivity index (χ0v) is 11.8. The summed E-state index contributed by atoms with van der Waals surface area (Å²) in [6, 6.07) is 1.69. The van der Waals surface area contributed by atoms with E-state index in [1.807, 2.05) is 7.05 Å². The Morgan fingerprint density at radius 1 is 1.50 bits per heavy atom. The van der Waals surface area contributed by atoms with Crippen molar-refractivity contribution in [2.24, 2.45) is 5.92 Å². The van der Waals surface area contributed by atoms with Gasteiger partial charge in [-0.3, -0.25) is 9.78 Å². The molecule has 0 spiro atoms. The Morgan fingerprint density at radius 3 is 2.95 bits per heavy atom. The van der Waals surface area contributed by atoms with Crippen molar-refractivity contribution in [1.29, 1.82) is 0 Å². The van der Waals surface area contributed by atoms with Crippen molar-refractivity contribution in [3.8, 4) is 11.8 Å². The number of aliphatic hydroxyl groups is 1. The van der Waals surface area contributed by atoms with E-state index >= 15 is 0 Å². The summed E-state index contributed by atoms with van der Waals surface area (Å²) in [5.74, 6) is 5.95. The van der Waals surface area contributed by atoms with Gasteiger partial charge in [0.25, 0.3) is 5.91 Å². The van der Waals surface area contributed by atoms with Crippen LogP contribution in [0.15, 0.2) is 18.5 Å². The molecule has 0 saturated heterocycles. The normalized spacial score (nSPS) is 14.7. The van der Waals surface area contributed by atoms with E-state index in [4.69, 9.17) is 5.11 Å². The van der Waals surface area contributed by atoms with Gasteiger partial charge in [-0.15, -0.1) is 0 Å². The molecule has 1 amide bonds. The molecule has 1 aromatic heterocycles. The fourth-order valence-electron chi connectivity index (χ4n) is 2.68. The summed E-state index contributed by atoms with van der Waals surface area (Å²) >= 11 is 0. The molecule has 0 radical (unpaired) electrons. The summed E-state index contributed by atoms with van der Waals surface area (Å²) in [6.45, 7) is 0.578. The minimum absolute atomic E-state index is 0.0264. The molecular weight excluding hydrogens is 252 g/mol. The van der Waals surface area contributed by atoms with Gasteiger partial charge >= 0.3 is 0 Å². The monoisotopic (exact) mass is 272 g/mol. The first-order valence-corrected chi connectivity index (χ1v) is 7.01. The highest BCUT2D eigenvalue weighted by Gasteiger charge is 2.21. The third-order valence-electron chi connectivity index (χ3n) is 3.71. The molecule has 4 nitrogen and oxygen atoms in total. The van der Waals surface area contributed by atoms with Crippen molar-refractivity contribution >= 4 is 5.91 Å². The van der Waals surface area contributed by atoms with Crippen LogP contribution in [0.25, 0.3) is 0 Å². The maximum Gasteiger partial charge on any atom is 0.254 e. The number of hydrogen-bond donors (Lipinski definition) is 1. The van der Waals surface area contributed by atoms with Crippen molar-refractivity contribution in [3.63, 3.8) is 0 Å². The Labute approximate surface area is 119 Å². The zero-order chi connectivity index (χ0) is 14.4. The van der Waals surface area contributed by atoms with Gasteiger partial charge in [-0.25, -0.2) is 0 Å². The highest BCUT2D eigenvalue weighted by Crippen LogP contribution is 2.25. The second-order valence-corrected chi connectivity index (χ2v) is 5.22. The smallest absolute Gasteiger partial charge is 0.254 e. The predicted molar refractivity (Wildman–Crippen MR) is 77.1 cm³/mol. The summed E-state index contributed by atoms with van der Waals surface area (Å²) in [5, 5.41) is 8.77. The lowest BCUT2D eigenvalue weighted by Crippen LogP contribution is -2.31. The van der Waals surface area contributed by atoms with Crippen LogP contribution in [0.4, 0.5) is 0 Å². The lowest BCUT2D eigenvalue weighted by molar-refractivity contribution is 0.0773. The summed E-state index contributed by atoms with van der Waals surface area (Å²) < 4.78 is 0. The first kappa shape index (κ1) is 14.5. The van der Waals surface area contributed by atoms with Crippen LogP contribution in [0.1, 0.15) is 41.6 Å². The third-order valence-corrected chi connectivity index (χ3v) is 3.71. The number of aliphatic hydroxyl groups excluding tert-OH is 1. The first-order valence-electron chi connectivity index (χ1n) is 7.01. The largest absolute Gasteiger partial charge is 0.384 e. The van der Waals surface area contributed by atoms with E-state index < -0.39 is 0 Å².